The maximum Gasteiger partial charge on any atom is 0.239 e. The minimum Gasteiger partial charge on any atom is -0.492 e. The largest absolute Gasteiger partial charge is 0.492 e. The molecule has 35 heavy (non-hydrogen) atoms. The number of Topliss-reactive ketones (excluding diaryl/α,β-unsaturated/α-hetero) is 1. The van der Waals surface area contributed by atoms with Crippen molar-refractivity contribution in [2.24, 2.45) is 11.8 Å². The van der Waals surface area contributed by atoms with Gasteiger partial charge in [-0.1, -0.05) is 62.4 Å². The summed E-state index contributed by atoms with van der Waals surface area (Å²) in [4.78, 5) is 42.1. The molecule has 176 valence electrons. The molecule has 2 atom stereocenters. The van der Waals surface area contributed by atoms with Crippen molar-refractivity contribution in [3.8, 4) is 5.75 Å². The van der Waals surface area contributed by atoms with E-state index in [0.29, 0.717) is 23.6 Å². The fraction of sp³-hybridized carbons (Fsp3) is 0.300. The lowest BCUT2D eigenvalue weighted by Gasteiger charge is -2.57. The van der Waals surface area contributed by atoms with E-state index in [1.807, 2.05) is 31.2 Å². The third-order valence-corrected chi connectivity index (χ3v) is 8.55. The van der Waals surface area contributed by atoms with Crippen LogP contribution in [0.15, 0.2) is 66.7 Å². The minimum atomic E-state index is -0.652. The highest BCUT2D eigenvalue weighted by atomic mass is 16.5. The van der Waals surface area contributed by atoms with Crippen molar-refractivity contribution in [1.82, 2.24) is 0 Å². The Labute approximate surface area is 204 Å². The van der Waals surface area contributed by atoms with Crippen LogP contribution in [-0.2, 0) is 20.4 Å². The number of amides is 2. The summed E-state index contributed by atoms with van der Waals surface area (Å²) in [5.74, 6) is -1.29. The third-order valence-electron chi connectivity index (χ3n) is 8.55. The Hall–Kier alpha value is -3.73. The Kier molecular flexibility index (Phi) is 4.44. The zero-order valence-corrected chi connectivity index (χ0v) is 20.3. The molecule has 2 amide bonds. The molecule has 2 bridgehead atoms. The fourth-order valence-corrected chi connectivity index (χ4v) is 7.00. The number of benzene rings is 3. The summed E-state index contributed by atoms with van der Waals surface area (Å²) in [5.41, 5.74) is 3.90. The van der Waals surface area contributed by atoms with Gasteiger partial charge in [0.25, 0.3) is 0 Å². The molecule has 3 aromatic rings. The first-order valence-corrected chi connectivity index (χ1v) is 12.1. The second kappa shape index (κ2) is 7.14. The number of nitrogens with zero attached hydrogens (tertiary/aromatic N) is 1. The van der Waals surface area contributed by atoms with E-state index >= 15 is 0 Å². The Morgan fingerprint density at radius 2 is 1.29 bits per heavy atom. The van der Waals surface area contributed by atoms with E-state index < -0.39 is 22.7 Å². The lowest BCUT2D eigenvalue weighted by atomic mass is 9.42. The molecular formula is C30H27NO4. The lowest BCUT2D eigenvalue weighted by molar-refractivity contribution is -0.124. The quantitative estimate of drug-likeness (QED) is 0.400. The summed E-state index contributed by atoms with van der Waals surface area (Å²) in [6.07, 6.45) is 0. The number of anilines is 1. The Bertz CT molecular complexity index is 1320. The first-order valence-electron chi connectivity index (χ1n) is 12.1. The van der Waals surface area contributed by atoms with E-state index in [-0.39, 0.29) is 17.6 Å². The average molecular weight is 466 g/mol. The average Bonchev–Trinajstić information content (AvgIpc) is 3.14. The SMILES string of the molecule is CCOc1ccc(C(C)=O)cc1N1C(=O)C2C(C1=O)C1(C)c3ccccc3C2(C)c2ccccc21. The topological polar surface area (TPSA) is 63.7 Å². The molecular weight excluding hydrogens is 438 g/mol. The van der Waals surface area contributed by atoms with Gasteiger partial charge in [0.2, 0.25) is 11.8 Å². The maximum atomic E-state index is 14.3. The van der Waals surface area contributed by atoms with Crippen LogP contribution in [0.4, 0.5) is 5.69 Å². The zero-order chi connectivity index (χ0) is 24.7. The molecule has 0 radical (unpaired) electrons. The summed E-state index contributed by atoms with van der Waals surface area (Å²) < 4.78 is 5.82. The molecule has 2 unspecified atom stereocenters. The van der Waals surface area contributed by atoms with Crippen LogP contribution in [0, 0.1) is 11.8 Å². The van der Waals surface area contributed by atoms with Crippen LogP contribution in [0.25, 0.3) is 0 Å². The van der Waals surface area contributed by atoms with Crippen molar-refractivity contribution in [1.29, 1.82) is 0 Å². The summed E-state index contributed by atoms with van der Waals surface area (Å²) in [6.45, 7) is 7.91. The number of carbonyl (C=O) groups excluding carboxylic acids is 3. The van der Waals surface area contributed by atoms with E-state index in [1.54, 1.807) is 18.2 Å². The van der Waals surface area contributed by atoms with Crippen LogP contribution in [0.1, 0.15) is 60.3 Å². The van der Waals surface area contributed by atoms with Crippen molar-refractivity contribution < 1.29 is 19.1 Å². The fourth-order valence-electron chi connectivity index (χ4n) is 7.00. The molecule has 0 spiro atoms. The second-order valence-corrected chi connectivity index (χ2v) is 10.1. The third kappa shape index (κ3) is 2.51. The predicted molar refractivity (Wildman–Crippen MR) is 133 cm³/mol. The van der Waals surface area contributed by atoms with Crippen molar-refractivity contribution in [2.45, 2.75) is 38.5 Å². The summed E-state index contributed by atoms with van der Waals surface area (Å²) in [7, 11) is 0. The monoisotopic (exact) mass is 465 g/mol. The van der Waals surface area contributed by atoms with Gasteiger partial charge in [0.1, 0.15) is 5.75 Å². The summed E-state index contributed by atoms with van der Waals surface area (Å²) in [6, 6.07) is 21.4. The zero-order valence-electron chi connectivity index (χ0n) is 20.3. The van der Waals surface area contributed by atoms with Crippen LogP contribution >= 0.6 is 0 Å². The molecule has 1 fully saturated rings. The highest BCUT2D eigenvalue weighted by Gasteiger charge is 2.70. The number of hydrogen-bond acceptors (Lipinski definition) is 4. The van der Waals surface area contributed by atoms with Gasteiger partial charge in [-0.3, -0.25) is 14.4 Å². The molecule has 1 saturated heterocycles. The number of ketones is 1. The smallest absolute Gasteiger partial charge is 0.239 e. The van der Waals surface area contributed by atoms with Crippen molar-refractivity contribution in [3.05, 3.63) is 94.5 Å². The van der Waals surface area contributed by atoms with Crippen LogP contribution in [-0.4, -0.2) is 24.2 Å². The van der Waals surface area contributed by atoms with Gasteiger partial charge in [-0.25, -0.2) is 4.90 Å². The number of ether oxygens (including phenoxy) is 1. The second-order valence-electron chi connectivity index (χ2n) is 10.1. The Morgan fingerprint density at radius 1 is 0.829 bits per heavy atom. The minimum absolute atomic E-state index is 0.135. The van der Waals surface area contributed by atoms with E-state index in [0.717, 1.165) is 22.3 Å². The molecule has 3 aromatic carbocycles. The van der Waals surface area contributed by atoms with Gasteiger partial charge < -0.3 is 4.74 Å². The van der Waals surface area contributed by atoms with E-state index in [1.165, 1.54) is 11.8 Å². The van der Waals surface area contributed by atoms with Gasteiger partial charge in [-0.2, -0.15) is 0 Å². The van der Waals surface area contributed by atoms with Gasteiger partial charge in [-0.05, 0) is 54.3 Å². The molecule has 0 N–H and O–H groups in total. The molecule has 1 heterocycles. The molecule has 4 aliphatic rings. The van der Waals surface area contributed by atoms with Crippen LogP contribution in [0.2, 0.25) is 0 Å². The molecule has 3 aliphatic carbocycles. The molecule has 0 saturated carbocycles. The molecule has 7 rings (SSSR count). The van der Waals surface area contributed by atoms with Crippen molar-refractivity contribution in [3.63, 3.8) is 0 Å². The molecule has 1 aliphatic heterocycles. The standard InChI is InChI=1S/C30H27NO4/c1-5-35-24-15-14-18(17(2)32)16-23(24)31-27(33)25-26(28(31)34)30(4)21-12-8-6-10-19(21)29(25,3)20-11-7-9-13-22(20)30/h6-16,25-26H,5H2,1-4H3. The van der Waals surface area contributed by atoms with Gasteiger partial charge in [0.15, 0.2) is 5.78 Å². The number of carbonyl (C=O) groups is 3. The van der Waals surface area contributed by atoms with Crippen molar-refractivity contribution in [2.75, 3.05) is 11.5 Å². The van der Waals surface area contributed by atoms with Gasteiger partial charge >= 0.3 is 0 Å². The molecule has 5 nitrogen and oxygen atoms in total. The van der Waals surface area contributed by atoms with Crippen LogP contribution in [0.3, 0.4) is 0 Å². The summed E-state index contributed by atoms with van der Waals surface area (Å²) >= 11 is 0. The van der Waals surface area contributed by atoms with Gasteiger partial charge in [0, 0.05) is 16.4 Å². The predicted octanol–water partition coefficient (Wildman–Crippen LogP) is 5.03. The van der Waals surface area contributed by atoms with E-state index in [9.17, 15) is 14.4 Å². The Morgan fingerprint density at radius 3 is 1.69 bits per heavy atom. The van der Waals surface area contributed by atoms with Gasteiger partial charge in [0.05, 0.1) is 24.1 Å². The normalized spacial score (nSPS) is 27.9. The van der Waals surface area contributed by atoms with Crippen molar-refractivity contribution >= 4 is 23.3 Å². The molecule has 5 heteroatoms. The highest BCUT2D eigenvalue weighted by Crippen LogP contribution is 2.66. The summed E-state index contributed by atoms with van der Waals surface area (Å²) in [5, 5.41) is 0. The van der Waals surface area contributed by atoms with E-state index in [4.69, 9.17) is 4.74 Å². The number of hydrogen-bond donors (Lipinski definition) is 0. The Balaban J connectivity index is 1.62. The maximum absolute atomic E-state index is 14.3. The number of imide groups is 1. The van der Waals surface area contributed by atoms with Crippen LogP contribution < -0.4 is 9.64 Å². The van der Waals surface area contributed by atoms with Gasteiger partial charge in [-0.15, -0.1) is 0 Å². The van der Waals surface area contributed by atoms with Crippen LogP contribution in [0.5, 0.6) is 5.75 Å². The lowest BCUT2D eigenvalue weighted by Crippen LogP contribution is -2.59. The van der Waals surface area contributed by atoms with E-state index in [2.05, 4.69) is 38.1 Å². The molecule has 0 aromatic heterocycles. The number of rotatable bonds is 4. The first kappa shape index (κ1) is 21.8. The highest BCUT2D eigenvalue weighted by molar-refractivity contribution is 6.25. The first-order chi connectivity index (χ1) is 16.8.